The Morgan fingerprint density at radius 2 is 1.70 bits per heavy atom. The molecule has 5 rings (SSSR count). The average molecular weight is 614 g/mol. The van der Waals surface area contributed by atoms with Gasteiger partial charge in [0.05, 0.1) is 23.2 Å². The lowest BCUT2D eigenvalue weighted by molar-refractivity contribution is -0.115. The molecule has 0 fully saturated rings. The largest absolute Gasteiger partial charge is 0.494 e. The van der Waals surface area contributed by atoms with Gasteiger partial charge in [0.1, 0.15) is 22.8 Å². The predicted molar refractivity (Wildman–Crippen MR) is 170 cm³/mol. The molecule has 1 N–H and O–H groups in total. The summed E-state index contributed by atoms with van der Waals surface area (Å²) in [6.45, 7) is 6.45. The summed E-state index contributed by atoms with van der Waals surface area (Å²) in [7, 11) is 1.70. The maximum atomic E-state index is 12.6. The first-order valence-electron chi connectivity index (χ1n) is 14.3. The fourth-order valence-electron chi connectivity index (χ4n) is 4.32. The maximum absolute atomic E-state index is 12.6. The molecular weight excluding hydrogens is 578 g/mol. The molecule has 5 aromatic rings. The van der Waals surface area contributed by atoms with Crippen LogP contribution in [0.15, 0.2) is 77.2 Å². The third-order valence-corrected chi connectivity index (χ3v) is 7.43. The van der Waals surface area contributed by atoms with Crippen LogP contribution in [0.4, 0.5) is 10.5 Å². The number of hydrogen-bond acceptors (Lipinski definition) is 9. The van der Waals surface area contributed by atoms with Gasteiger partial charge in [-0.05, 0) is 74.7 Å². The number of anilines is 1. The highest BCUT2D eigenvalue weighted by Gasteiger charge is 2.19. The lowest BCUT2D eigenvalue weighted by Crippen LogP contribution is -2.35. The van der Waals surface area contributed by atoms with Gasteiger partial charge in [-0.15, -0.1) is 21.5 Å². The zero-order valence-electron chi connectivity index (χ0n) is 25.2. The Kier molecular flexibility index (Phi) is 9.54. The monoisotopic (exact) mass is 613 g/mol. The number of benzene rings is 3. The van der Waals surface area contributed by atoms with E-state index in [2.05, 4.69) is 39.8 Å². The normalized spacial score (nSPS) is 11.4. The van der Waals surface area contributed by atoms with Crippen LogP contribution < -0.4 is 10.1 Å². The van der Waals surface area contributed by atoms with Crippen LogP contribution in [0.2, 0.25) is 0 Å². The lowest BCUT2D eigenvalue weighted by Gasteiger charge is -2.24. The van der Waals surface area contributed by atoms with Crippen molar-refractivity contribution in [3.63, 3.8) is 0 Å². The Morgan fingerprint density at radius 1 is 0.955 bits per heavy atom. The number of carbonyl (C=O) groups excluding carboxylic acids is 2. The van der Waals surface area contributed by atoms with Crippen LogP contribution in [0.3, 0.4) is 0 Å². The van der Waals surface area contributed by atoms with Crippen molar-refractivity contribution in [1.82, 2.24) is 20.1 Å². The Morgan fingerprint density at radius 3 is 2.45 bits per heavy atom. The summed E-state index contributed by atoms with van der Waals surface area (Å²) in [6, 6.07) is 23.5. The van der Waals surface area contributed by atoms with E-state index in [1.165, 1.54) is 4.90 Å². The number of amides is 2. The third-order valence-electron chi connectivity index (χ3n) is 6.41. The van der Waals surface area contributed by atoms with Crippen molar-refractivity contribution in [1.29, 1.82) is 0 Å². The van der Waals surface area contributed by atoms with Crippen LogP contribution in [0.25, 0.3) is 21.3 Å². The van der Waals surface area contributed by atoms with Crippen molar-refractivity contribution in [2.75, 3.05) is 25.5 Å². The minimum Gasteiger partial charge on any atom is -0.494 e. The van der Waals surface area contributed by atoms with E-state index in [-0.39, 0.29) is 24.3 Å². The van der Waals surface area contributed by atoms with Gasteiger partial charge in [0.25, 0.3) is 0 Å². The summed E-state index contributed by atoms with van der Waals surface area (Å²) in [6.07, 6.45) is 0.638. The molecule has 0 spiro atoms. The number of hydrogen-bond donors (Lipinski definition) is 1. The van der Waals surface area contributed by atoms with Gasteiger partial charge in [-0.2, -0.15) is 0 Å². The van der Waals surface area contributed by atoms with Crippen LogP contribution in [0, 0.1) is 0 Å². The van der Waals surface area contributed by atoms with E-state index in [4.69, 9.17) is 18.9 Å². The second-order valence-electron chi connectivity index (χ2n) is 11.3. The van der Waals surface area contributed by atoms with E-state index in [1.807, 2.05) is 45.0 Å². The fraction of sp³-hybridized carbons (Fsp3) is 0.303. The molecule has 11 heteroatoms. The molecule has 0 saturated carbocycles. The minimum absolute atomic E-state index is 0.0449. The van der Waals surface area contributed by atoms with Gasteiger partial charge in [0, 0.05) is 19.3 Å². The molecule has 10 nitrogen and oxygen atoms in total. The summed E-state index contributed by atoms with van der Waals surface area (Å²) in [4.78, 5) is 30.9. The molecule has 0 aliphatic heterocycles. The molecule has 0 radical (unpaired) electrons. The van der Waals surface area contributed by atoms with Crippen LogP contribution in [-0.2, 0) is 22.4 Å². The first-order chi connectivity index (χ1) is 21.1. The average Bonchev–Trinajstić information content (AvgIpc) is 3.61. The summed E-state index contributed by atoms with van der Waals surface area (Å²) < 4.78 is 17.9. The molecular formula is C33H35N5O5S. The Bertz CT molecular complexity index is 1710. The standard InChI is InChI=1S/C33H35N5O5S/c1-33(2,3)43-32(40)38(4)17-8-18-41-25-14-12-24(13-15-25)34-28(39)20-29-36-37-30(42-29)21-31-35-26-16-11-23(19-27(26)44-31)22-9-6-5-7-10-22/h5-7,9-16,19H,8,17-18,20-21H2,1-4H3,(H,34,39). The van der Waals surface area contributed by atoms with Gasteiger partial charge >= 0.3 is 6.09 Å². The van der Waals surface area contributed by atoms with Crippen molar-refractivity contribution < 1.29 is 23.5 Å². The van der Waals surface area contributed by atoms with E-state index in [9.17, 15) is 9.59 Å². The van der Waals surface area contributed by atoms with Crippen LogP contribution in [0.1, 0.15) is 44.0 Å². The van der Waals surface area contributed by atoms with Crippen molar-refractivity contribution in [2.45, 2.75) is 45.6 Å². The first-order valence-corrected chi connectivity index (χ1v) is 15.2. The van der Waals surface area contributed by atoms with Crippen LogP contribution in [0.5, 0.6) is 5.75 Å². The molecule has 3 aromatic carbocycles. The summed E-state index contributed by atoms with van der Waals surface area (Å²) >= 11 is 1.59. The Labute approximate surface area is 260 Å². The second kappa shape index (κ2) is 13.7. The summed E-state index contributed by atoms with van der Waals surface area (Å²) in [5.74, 6) is 1.04. The van der Waals surface area contributed by atoms with Crippen molar-refractivity contribution >= 4 is 39.2 Å². The van der Waals surface area contributed by atoms with E-state index in [0.717, 1.165) is 26.4 Å². The highest BCUT2D eigenvalue weighted by atomic mass is 32.1. The number of thiazole rings is 1. The van der Waals surface area contributed by atoms with Gasteiger partial charge in [-0.25, -0.2) is 9.78 Å². The smallest absolute Gasteiger partial charge is 0.410 e. The zero-order valence-corrected chi connectivity index (χ0v) is 26.0. The number of nitrogens with one attached hydrogen (secondary N) is 1. The highest BCUT2D eigenvalue weighted by molar-refractivity contribution is 7.18. The lowest BCUT2D eigenvalue weighted by atomic mass is 10.1. The fourth-order valence-corrected chi connectivity index (χ4v) is 5.32. The van der Waals surface area contributed by atoms with Gasteiger partial charge in [-0.3, -0.25) is 4.79 Å². The number of rotatable bonds is 11. The molecule has 0 unspecified atom stereocenters. The molecule has 2 amide bonds. The Balaban J connectivity index is 1.06. The maximum Gasteiger partial charge on any atom is 0.410 e. The molecule has 0 saturated heterocycles. The van der Waals surface area contributed by atoms with Gasteiger partial charge in [-0.1, -0.05) is 36.4 Å². The number of nitrogens with zero attached hydrogens (tertiary/aromatic N) is 4. The minimum atomic E-state index is -0.528. The second-order valence-corrected chi connectivity index (χ2v) is 12.4. The topological polar surface area (TPSA) is 120 Å². The molecule has 2 heterocycles. The predicted octanol–water partition coefficient (Wildman–Crippen LogP) is 6.75. The van der Waals surface area contributed by atoms with Crippen molar-refractivity contribution in [3.8, 4) is 16.9 Å². The highest BCUT2D eigenvalue weighted by Crippen LogP contribution is 2.29. The van der Waals surface area contributed by atoms with E-state index in [0.29, 0.717) is 43.3 Å². The molecule has 0 bridgehead atoms. The molecule has 0 atom stereocenters. The molecule has 228 valence electrons. The van der Waals surface area contributed by atoms with Crippen molar-refractivity contribution in [3.05, 3.63) is 89.6 Å². The first kappa shape index (κ1) is 30.7. The van der Waals surface area contributed by atoms with E-state index >= 15 is 0 Å². The molecule has 44 heavy (non-hydrogen) atoms. The number of ether oxygens (including phenoxy) is 2. The van der Waals surface area contributed by atoms with Gasteiger partial charge in [0.2, 0.25) is 17.7 Å². The molecule has 2 aromatic heterocycles. The third kappa shape index (κ3) is 8.63. The summed E-state index contributed by atoms with van der Waals surface area (Å²) in [5.41, 5.74) is 3.31. The van der Waals surface area contributed by atoms with Crippen LogP contribution in [-0.4, -0.2) is 57.9 Å². The Hall–Kier alpha value is -4.77. The number of aromatic nitrogens is 3. The van der Waals surface area contributed by atoms with Gasteiger partial charge in [0.15, 0.2) is 0 Å². The quantitative estimate of drug-likeness (QED) is 0.162. The zero-order chi connectivity index (χ0) is 31.1. The van der Waals surface area contributed by atoms with Crippen molar-refractivity contribution in [2.24, 2.45) is 0 Å². The SMILES string of the molecule is CN(CCCOc1ccc(NC(=O)Cc2nnc(Cc3nc4ccc(-c5ccccc5)cc4s3)o2)cc1)C(=O)OC(C)(C)C. The summed E-state index contributed by atoms with van der Waals surface area (Å²) in [5, 5.41) is 11.9. The van der Waals surface area contributed by atoms with E-state index < -0.39 is 5.60 Å². The number of fused-ring (bicyclic) bond motifs is 1. The number of carbonyl (C=O) groups is 2. The van der Waals surface area contributed by atoms with E-state index in [1.54, 1.807) is 42.6 Å². The van der Waals surface area contributed by atoms with Crippen LogP contribution >= 0.6 is 11.3 Å². The molecule has 0 aliphatic rings. The molecule has 0 aliphatic carbocycles. The van der Waals surface area contributed by atoms with Gasteiger partial charge < -0.3 is 24.1 Å².